The van der Waals surface area contributed by atoms with Gasteiger partial charge in [0.15, 0.2) is 0 Å². The summed E-state index contributed by atoms with van der Waals surface area (Å²) >= 11 is 5.60. The van der Waals surface area contributed by atoms with Gasteiger partial charge in [-0.3, -0.25) is 10.1 Å². The number of hydrogen-bond donors (Lipinski definition) is 0. The van der Waals surface area contributed by atoms with Crippen LogP contribution < -0.4 is 4.74 Å². The first kappa shape index (κ1) is 19.7. The molecule has 0 aromatic heterocycles. The maximum absolute atomic E-state index is 10.5. The van der Waals surface area contributed by atoms with E-state index in [0.717, 1.165) is 38.2 Å². The second-order valence-corrected chi connectivity index (χ2v) is 5.31. The second kappa shape index (κ2) is 13.1. The van der Waals surface area contributed by atoms with Crippen LogP contribution in [0.25, 0.3) is 0 Å². The highest BCUT2D eigenvalue weighted by atomic mass is 35.5. The second-order valence-electron chi connectivity index (χ2n) is 4.93. The molecule has 7 heteroatoms. The Morgan fingerprint density at radius 2 is 1.48 bits per heavy atom. The fourth-order valence-electron chi connectivity index (χ4n) is 1.86. The molecule has 23 heavy (non-hydrogen) atoms. The van der Waals surface area contributed by atoms with Crippen LogP contribution in [-0.4, -0.2) is 43.8 Å². The van der Waals surface area contributed by atoms with E-state index in [1.54, 1.807) is 12.1 Å². The molecule has 0 saturated carbocycles. The minimum atomic E-state index is -0.440. The molecule has 0 unspecified atom stereocenters. The Morgan fingerprint density at radius 1 is 0.870 bits per heavy atom. The Bertz CT molecular complexity index is 427. The molecule has 0 aliphatic rings. The van der Waals surface area contributed by atoms with E-state index in [4.69, 9.17) is 25.8 Å². The van der Waals surface area contributed by atoms with Crippen molar-refractivity contribution in [2.45, 2.75) is 25.7 Å². The predicted molar refractivity (Wildman–Crippen MR) is 89.4 cm³/mol. The van der Waals surface area contributed by atoms with E-state index >= 15 is 0 Å². The summed E-state index contributed by atoms with van der Waals surface area (Å²) in [6.45, 7) is 2.72. The van der Waals surface area contributed by atoms with Gasteiger partial charge >= 0.3 is 0 Å². The topological polar surface area (TPSA) is 70.8 Å². The van der Waals surface area contributed by atoms with E-state index in [-0.39, 0.29) is 5.69 Å². The van der Waals surface area contributed by atoms with Crippen molar-refractivity contribution in [3.63, 3.8) is 0 Å². The highest BCUT2D eigenvalue weighted by Gasteiger charge is 2.04. The van der Waals surface area contributed by atoms with E-state index in [0.29, 0.717) is 32.2 Å². The smallest absolute Gasteiger partial charge is 0.269 e. The third kappa shape index (κ3) is 10.1. The van der Waals surface area contributed by atoms with Gasteiger partial charge in [0, 0.05) is 24.6 Å². The highest BCUT2D eigenvalue weighted by Crippen LogP contribution is 2.16. The fraction of sp³-hybridized carbons (Fsp3) is 0.625. The van der Waals surface area contributed by atoms with Gasteiger partial charge in [-0.1, -0.05) is 12.8 Å². The SMILES string of the molecule is O=[N+]([O-])c1ccc(OCCOCCOCCCCCCCl)cc1. The lowest BCUT2D eigenvalue weighted by Crippen LogP contribution is -2.11. The molecule has 0 bridgehead atoms. The van der Waals surface area contributed by atoms with Crippen molar-refractivity contribution < 1.29 is 19.1 Å². The molecule has 0 radical (unpaired) electrons. The number of nitro groups is 1. The number of rotatable bonds is 14. The van der Waals surface area contributed by atoms with Gasteiger partial charge in [-0.25, -0.2) is 0 Å². The zero-order valence-electron chi connectivity index (χ0n) is 13.2. The number of benzene rings is 1. The van der Waals surface area contributed by atoms with Crippen LogP contribution >= 0.6 is 11.6 Å². The normalized spacial score (nSPS) is 10.7. The maximum Gasteiger partial charge on any atom is 0.269 e. The number of ether oxygens (including phenoxy) is 3. The third-order valence-electron chi connectivity index (χ3n) is 3.09. The van der Waals surface area contributed by atoms with Crippen molar-refractivity contribution in [2.24, 2.45) is 0 Å². The molecule has 1 aromatic carbocycles. The minimum Gasteiger partial charge on any atom is -0.491 e. The molecule has 0 saturated heterocycles. The number of unbranched alkanes of at least 4 members (excludes halogenated alkanes) is 3. The lowest BCUT2D eigenvalue weighted by Gasteiger charge is -2.07. The lowest BCUT2D eigenvalue weighted by molar-refractivity contribution is -0.384. The van der Waals surface area contributed by atoms with Crippen LogP contribution in [0.1, 0.15) is 25.7 Å². The van der Waals surface area contributed by atoms with Gasteiger partial charge in [-0.2, -0.15) is 0 Å². The van der Waals surface area contributed by atoms with Gasteiger partial charge in [0.05, 0.1) is 24.7 Å². The maximum atomic E-state index is 10.5. The molecule has 1 aromatic rings. The van der Waals surface area contributed by atoms with Crippen LogP contribution in [0.15, 0.2) is 24.3 Å². The number of alkyl halides is 1. The molecular weight excluding hydrogens is 322 g/mol. The first-order valence-electron chi connectivity index (χ1n) is 7.82. The number of non-ortho nitro benzene ring substituents is 1. The summed E-state index contributed by atoms with van der Waals surface area (Å²) in [5.41, 5.74) is 0.0494. The molecular formula is C16H24ClNO5. The molecule has 6 nitrogen and oxygen atoms in total. The molecule has 130 valence electrons. The number of nitro benzene ring substituents is 1. The van der Waals surface area contributed by atoms with Gasteiger partial charge < -0.3 is 14.2 Å². The van der Waals surface area contributed by atoms with Crippen molar-refractivity contribution in [1.29, 1.82) is 0 Å². The first-order valence-corrected chi connectivity index (χ1v) is 8.36. The zero-order valence-corrected chi connectivity index (χ0v) is 14.0. The van der Waals surface area contributed by atoms with Crippen LogP contribution in [0.3, 0.4) is 0 Å². The van der Waals surface area contributed by atoms with E-state index in [9.17, 15) is 10.1 Å². The van der Waals surface area contributed by atoms with Crippen molar-refractivity contribution in [3.05, 3.63) is 34.4 Å². The first-order chi connectivity index (χ1) is 11.2. The summed E-state index contributed by atoms with van der Waals surface area (Å²) in [4.78, 5) is 10.1. The summed E-state index contributed by atoms with van der Waals surface area (Å²) < 4.78 is 16.3. The number of halogens is 1. The zero-order chi connectivity index (χ0) is 16.8. The van der Waals surface area contributed by atoms with Crippen molar-refractivity contribution in [1.82, 2.24) is 0 Å². The van der Waals surface area contributed by atoms with Crippen molar-refractivity contribution >= 4 is 17.3 Å². The fourth-order valence-corrected chi connectivity index (χ4v) is 2.05. The third-order valence-corrected chi connectivity index (χ3v) is 3.36. The summed E-state index contributed by atoms with van der Waals surface area (Å²) in [5, 5.41) is 10.5. The van der Waals surface area contributed by atoms with E-state index < -0.39 is 4.92 Å². The van der Waals surface area contributed by atoms with Crippen molar-refractivity contribution in [2.75, 3.05) is 38.9 Å². The van der Waals surface area contributed by atoms with Crippen LogP contribution in [0.2, 0.25) is 0 Å². The predicted octanol–water partition coefficient (Wildman–Crippen LogP) is 3.81. The minimum absolute atomic E-state index is 0.0494. The average Bonchev–Trinajstić information content (AvgIpc) is 2.56. The average molecular weight is 346 g/mol. The number of hydrogen-bond acceptors (Lipinski definition) is 5. The molecule has 0 amide bonds. The van der Waals surface area contributed by atoms with Crippen LogP contribution in [0.4, 0.5) is 5.69 Å². The molecule has 0 atom stereocenters. The van der Waals surface area contributed by atoms with E-state index in [1.165, 1.54) is 12.1 Å². The summed E-state index contributed by atoms with van der Waals surface area (Å²) in [5.74, 6) is 1.32. The molecule has 1 rings (SSSR count). The van der Waals surface area contributed by atoms with Crippen LogP contribution in [-0.2, 0) is 9.47 Å². The lowest BCUT2D eigenvalue weighted by atomic mass is 10.2. The van der Waals surface area contributed by atoms with Gasteiger partial charge in [0.1, 0.15) is 12.4 Å². The number of nitrogens with zero attached hydrogens (tertiary/aromatic N) is 1. The Balaban J connectivity index is 1.90. The monoisotopic (exact) mass is 345 g/mol. The largest absolute Gasteiger partial charge is 0.491 e. The van der Waals surface area contributed by atoms with Crippen LogP contribution in [0, 0.1) is 10.1 Å². The molecule has 0 fully saturated rings. The summed E-state index contributed by atoms with van der Waals surface area (Å²) in [6, 6.07) is 5.98. The van der Waals surface area contributed by atoms with E-state index in [2.05, 4.69) is 0 Å². The Hall–Kier alpha value is -1.37. The summed E-state index contributed by atoms with van der Waals surface area (Å²) in [6.07, 6.45) is 4.43. The Morgan fingerprint density at radius 3 is 2.13 bits per heavy atom. The van der Waals surface area contributed by atoms with Gasteiger partial charge in [-0.15, -0.1) is 11.6 Å². The molecule has 0 aliphatic carbocycles. The Labute approximate surface area is 141 Å². The molecule has 0 spiro atoms. The Kier molecular flexibility index (Phi) is 11.2. The standard InChI is InChI=1S/C16H24ClNO5/c17-9-3-1-2-4-10-21-11-12-22-13-14-23-16-7-5-15(6-8-16)18(19)20/h5-8H,1-4,9-14H2. The van der Waals surface area contributed by atoms with Crippen molar-refractivity contribution in [3.8, 4) is 5.75 Å². The van der Waals surface area contributed by atoms with Gasteiger partial charge in [-0.05, 0) is 25.0 Å². The van der Waals surface area contributed by atoms with Gasteiger partial charge in [0.25, 0.3) is 5.69 Å². The van der Waals surface area contributed by atoms with Crippen LogP contribution in [0.5, 0.6) is 5.75 Å². The van der Waals surface area contributed by atoms with Gasteiger partial charge in [0.2, 0.25) is 0 Å². The summed E-state index contributed by atoms with van der Waals surface area (Å²) in [7, 11) is 0. The highest BCUT2D eigenvalue weighted by molar-refractivity contribution is 6.17. The molecule has 0 heterocycles. The quantitative estimate of drug-likeness (QED) is 0.222. The van der Waals surface area contributed by atoms with E-state index in [1.807, 2.05) is 0 Å². The molecule has 0 aliphatic heterocycles. The molecule has 0 N–H and O–H groups in total.